The third-order valence-corrected chi connectivity index (χ3v) is 2.60. The lowest BCUT2D eigenvalue weighted by molar-refractivity contribution is 0.558. The van der Waals surface area contributed by atoms with E-state index in [4.69, 9.17) is 5.26 Å². The van der Waals surface area contributed by atoms with Gasteiger partial charge in [0.1, 0.15) is 5.82 Å². The Hall–Kier alpha value is -1.40. The highest BCUT2D eigenvalue weighted by molar-refractivity contribution is 5.26. The smallest absolute Gasteiger partial charge is 0.126 e. The molecular formula is C13H17FN2. The first-order chi connectivity index (χ1) is 7.65. The molecular weight excluding hydrogens is 203 g/mol. The van der Waals surface area contributed by atoms with Crippen molar-refractivity contribution in [1.29, 1.82) is 5.26 Å². The molecule has 16 heavy (non-hydrogen) atoms. The van der Waals surface area contributed by atoms with Crippen LogP contribution in [0.5, 0.6) is 0 Å². The summed E-state index contributed by atoms with van der Waals surface area (Å²) in [5.41, 5.74) is 1.75. The molecule has 1 aromatic carbocycles. The maximum atomic E-state index is 13.1. The number of nitrogens with zero attached hydrogens (tertiary/aromatic N) is 1. The fourth-order valence-corrected chi connectivity index (χ4v) is 1.54. The van der Waals surface area contributed by atoms with Crippen molar-refractivity contribution in [2.45, 2.75) is 32.7 Å². The van der Waals surface area contributed by atoms with Crippen LogP contribution >= 0.6 is 0 Å². The van der Waals surface area contributed by atoms with Crippen molar-refractivity contribution in [2.24, 2.45) is 0 Å². The predicted molar refractivity (Wildman–Crippen MR) is 62.4 cm³/mol. The molecule has 0 aliphatic carbocycles. The van der Waals surface area contributed by atoms with Crippen LogP contribution < -0.4 is 5.32 Å². The topological polar surface area (TPSA) is 35.8 Å². The molecule has 86 valence electrons. The van der Waals surface area contributed by atoms with Gasteiger partial charge in [-0.3, -0.25) is 0 Å². The van der Waals surface area contributed by atoms with Gasteiger partial charge in [0.25, 0.3) is 0 Å². The molecule has 2 nitrogen and oxygen atoms in total. The summed E-state index contributed by atoms with van der Waals surface area (Å²) >= 11 is 0. The van der Waals surface area contributed by atoms with E-state index in [1.807, 2.05) is 13.0 Å². The normalized spacial score (nSPS) is 12.1. The van der Waals surface area contributed by atoms with Crippen LogP contribution in [0.3, 0.4) is 0 Å². The minimum absolute atomic E-state index is 0.166. The zero-order valence-electron chi connectivity index (χ0n) is 9.76. The van der Waals surface area contributed by atoms with Crippen LogP contribution in [0, 0.1) is 24.1 Å². The molecule has 1 unspecified atom stereocenters. The predicted octanol–water partition coefficient (Wildman–Crippen LogP) is 3.09. The number of nitriles is 1. The largest absolute Gasteiger partial charge is 0.310 e. The number of halogens is 1. The number of rotatable bonds is 5. The Kier molecular flexibility index (Phi) is 4.94. The van der Waals surface area contributed by atoms with E-state index < -0.39 is 0 Å². The molecule has 0 saturated heterocycles. The third kappa shape index (κ3) is 3.63. The van der Waals surface area contributed by atoms with Crippen molar-refractivity contribution in [3.8, 4) is 6.07 Å². The summed E-state index contributed by atoms with van der Waals surface area (Å²) in [5.74, 6) is -0.166. The van der Waals surface area contributed by atoms with Crippen LogP contribution in [0.15, 0.2) is 18.2 Å². The second-order valence-corrected chi connectivity index (χ2v) is 3.95. The SMILES string of the molecule is Cc1cc(C(C)NCCCC#N)ccc1F. The Morgan fingerprint density at radius 2 is 2.25 bits per heavy atom. The molecule has 1 N–H and O–H groups in total. The maximum Gasteiger partial charge on any atom is 0.126 e. The molecule has 0 saturated carbocycles. The molecule has 1 aromatic rings. The van der Waals surface area contributed by atoms with Crippen LogP contribution in [0.2, 0.25) is 0 Å². The quantitative estimate of drug-likeness (QED) is 0.774. The van der Waals surface area contributed by atoms with E-state index in [-0.39, 0.29) is 11.9 Å². The molecule has 1 atom stereocenters. The lowest BCUT2D eigenvalue weighted by atomic mass is 10.1. The summed E-state index contributed by atoms with van der Waals surface area (Å²) in [5, 5.41) is 11.7. The molecule has 0 aliphatic rings. The molecule has 0 spiro atoms. The van der Waals surface area contributed by atoms with Gasteiger partial charge in [0.2, 0.25) is 0 Å². The molecule has 0 radical (unpaired) electrons. The standard InChI is InChI=1S/C13H17FN2/c1-10-9-12(5-6-13(10)14)11(2)16-8-4-3-7-15/h5-6,9,11,16H,3-4,8H2,1-2H3. The highest BCUT2D eigenvalue weighted by atomic mass is 19.1. The van der Waals surface area contributed by atoms with Crippen LogP contribution in [0.4, 0.5) is 4.39 Å². The van der Waals surface area contributed by atoms with E-state index in [1.54, 1.807) is 13.0 Å². The Bertz CT molecular complexity index is 382. The highest BCUT2D eigenvalue weighted by Crippen LogP contribution is 2.16. The molecule has 0 bridgehead atoms. The molecule has 3 heteroatoms. The minimum Gasteiger partial charge on any atom is -0.310 e. The van der Waals surface area contributed by atoms with E-state index in [0.717, 1.165) is 18.5 Å². The molecule has 1 rings (SSSR count). The van der Waals surface area contributed by atoms with Crippen molar-refractivity contribution in [1.82, 2.24) is 5.32 Å². The van der Waals surface area contributed by atoms with Gasteiger partial charge >= 0.3 is 0 Å². The van der Waals surface area contributed by atoms with Crippen molar-refractivity contribution >= 4 is 0 Å². The summed E-state index contributed by atoms with van der Waals surface area (Å²) < 4.78 is 13.1. The van der Waals surface area contributed by atoms with Crippen LogP contribution in [0.1, 0.15) is 36.9 Å². The second-order valence-electron chi connectivity index (χ2n) is 3.95. The Morgan fingerprint density at radius 1 is 1.50 bits per heavy atom. The number of unbranched alkanes of at least 4 members (excludes halogenated alkanes) is 1. The molecule has 0 heterocycles. The van der Waals surface area contributed by atoms with Gasteiger partial charge in [0, 0.05) is 12.5 Å². The number of aryl methyl sites for hydroxylation is 1. The molecule has 0 aromatic heterocycles. The third-order valence-electron chi connectivity index (χ3n) is 2.60. The van der Waals surface area contributed by atoms with Crippen molar-refractivity contribution < 1.29 is 4.39 Å². The number of nitrogens with one attached hydrogen (secondary N) is 1. The van der Waals surface area contributed by atoms with Crippen molar-refractivity contribution in [3.05, 3.63) is 35.1 Å². The van der Waals surface area contributed by atoms with Gasteiger partial charge in [-0.25, -0.2) is 4.39 Å². The fraction of sp³-hybridized carbons (Fsp3) is 0.462. The lowest BCUT2D eigenvalue weighted by Crippen LogP contribution is -2.19. The van der Waals surface area contributed by atoms with Crippen LogP contribution in [-0.2, 0) is 0 Å². The highest BCUT2D eigenvalue weighted by Gasteiger charge is 2.06. The summed E-state index contributed by atoms with van der Waals surface area (Å²) in [6, 6.07) is 7.45. The van der Waals surface area contributed by atoms with Crippen molar-refractivity contribution in [2.75, 3.05) is 6.54 Å². The van der Waals surface area contributed by atoms with E-state index in [1.165, 1.54) is 6.07 Å². The Balaban J connectivity index is 2.50. The molecule has 0 amide bonds. The Morgan fingerprint density at radius 3 is 2.88 bits per heavy atom. The fourth-order valence-electron chi connectivity index (χ4n) is 1.54. The molecule has 0 aliphatic heterocycles. The average Bonchev–Trinajstić information content (AvgIpc) is 2.28. The van der Waals surface area contributed by atoms with E-state index in [2.05, 4.69) is 11.4 Å². The average molecular weight is 220 g/mol. The van der Waals surface area contributed by atoms with E-state index in [0.29, 0.717) is 12.0 Å². The first-order valence-corrected chi connectivity index (χ1v) is 5.51. The zero-order valence-corrected chi connectivity index (χ0v) is 9.76. The van der Waals surface area contributed by atoms with Gasteiger partial charge in [-0.2, -0.15) is 5.26 Å². The zero-order chi connectivity index (χ0) is 12.0. The summed E-state index contributed by atoms with van der Waals surface area (Å²) in [6.45, 7) is 4.62. The number of hydrogen-bond acceptors (Lipinski definition) is 2. The number of hydrogen-bond donors (Lipinski definition) is 1. The summed E-state index contributed by atoms with van der Waals surface area (Å²) in [6.07, 6.45) is 1.42. The first kappa shape index (κ1) is 12.7. The van der Waals surface area contributed by atoms with E-state index in [9.17, 15) is 4.39 Å². The van der Waals surface area contributed by atoms with E-state index >= 15 is 0 Å². The van der Waals surface area contributed by atoms with Crippen LogP contribution in [0.25, 0.3) is 0 Å². The first-order valence-electron chi connectivity index (χ1n) is 5.51. The van der Waals surface area contributed by atoms with Crippen LogP contribution in [-0.4, -0.2) is 6.54 Å². The minimum atomic E-state index is -0.166. The summed E-state index contributed by atoms with van der Waals surface area (Å²) in [7, 11) is 0. The summed E-state index contributed by atoms with van der Waals surface area (Å²) in [4.78, 5) is 0. The van der Waals surface area contributed by atoms with Gasteiger partial charge in [-0.1, -0.05) is 12.1 Å². The number of benzene rings is 1. The lowest BCUT2D eigenvalue weighted by Gasteiger charge is -2.14. The van der Waals surface area contributed by atoms with Gasteiger partial charge in [-0.15, -0.1) is 0 Å². The van der Waals surface area contributed by atoms with Gasteiger partial charge < -0.3 is 5.32 Å². The van der Waals surface area contributed by atoms with Crippen molar-refractivity contribution in [3.63, 3.8) is 0 Å². The molecule has 0 fully saturated rings. The van der Waals surface area contributed by atoms with Gasteiger partial charge in [0.05, 0.1) is 6.07 Å². The maximum absolute atomic E-state index is 13.1. The Labute approximate surface area is 96.1 Å². The van der Waals surface area contributed by atoms with Gasteiger partial charge in [-0.05, 0) is 44.0 Å². The monoisotopic (exact) mass is 220 g/mol. The van der Waals surface area contributed by atoms with Gasteiger partial charge in [0.15, 0.2) is 0 Å². The second kappa shape index (κ2) is 6.24.